The fourth-order valence-corrected chi connectivity index (χ4v) is 2.73. The van der Waals surface area contributed by atoms with Crippen LogP contribution in [0, 0.1) is 12.7 Å². The lowest BCUT2D eigenvalue weighted by Crippen LogP contribution is -2.36. The molecule has 0 spiro atoms. The molecule has 0 radical (unpaired) electrons. The van der Waals surface area contributed by atoms with Crippen molar-refractivity contribution in [3.05, 3.63) is 72.3 Å². The number of amides is 2. The first-order valence-electron chi connectivity index (χ1n) is 8.96. The summed E-state index contributed by atoms with van der Waals surface area (Å²) in [4.78, 5) is 28.2. The van der Waals surface area contributed by atoms with Gasteiger partial charge in [-0.2, -0.15) is 0 Å². The van der Waals surface area contributed by atoms with Crippen molar-refractivity contribution in [2.75, 3.05) is 11.9 Å². The summed E-state index contributed by atoms with van der Waals surface area (Å²) in [6, 6.07) is 14.1. The smallest absolute Gasteiger partial charge is 0.313 e. The minimum Gasteiger partial charge on any atom is -0.348 e. The number of aryl methyl sites for hydroxylation is 2. The topological polar surface area (TPSA) is 76.0 Å². The third-order valence-electron chi connectivity index (χ3n) is 4.24. The van der Waals surface area contributed by atoms with Crippen LogP contribution in [0.25, 0.3) is 11.4 Å². The van der Waals surface area contributed by atoms with Crippen LogP contribution < -0.4 is 10.6 Å². The molecule has 0 saturated carbocycles. The first-order valence-corrected chi connectivity index (χ1v) is 8.96. The minimum atomic E-state index is -0.823. The van der Waals surface area contributed by atoms with Crippen molar-refractivity contribution in [3.8, 4) is 11.4 Å². The molecule has 0 saturated heterocycles. The summed E-state index contributed by atoms with van der Waals surface area (Å²) in [5.74, 6) is -1.16. The lowest BCUT2D eigenvalue weighted by molar-refractivity contribution is -0.136. The van der Waals surface area contributed by atoms with Gasteiger partial charge in [0.05, 0.1) is 0 Å². The maximum atomic E-state index is 13.5. The van der Waals surface area contributed by atoms with Crippen LogP contribution in [0.4, 0.5) is 10.1 Å². The largest absolute Gasteiger partial charge is 0.348 e. The zero-order chi connectivity index (χ0) is 19.9. The molecule has 0 atom stereocenters. The molecule has 1 heterocycles. The Morgan fingerprint density at radius 2 is 1.89 bits per heavy atom. The molecule has 144 valence electrons. The number of imidazole rings is 1. The number of halogens is 1. The van der Waals surface area contributed by atoms with Gasteiger partial charge in [0, 0.05) is 36.7 Å². The summed E-state index contributed by atoms with van der Waals surface area (Å²) in [6.07, 6.45) is 4.24. The summed E-state index contributed by atoms with van der Waals surface area (Å²) < 4.78 is 15.5. The van der Waals surface area contributed by atoms with Gasteiger partial charge < -0.3 is 15.2 Å². The summed E-state index contributed by atoms with van der Waals surface area (Å²) in [7, 11) is 0. The summed E-state index contributed by atoms with van der Waals surface area (Å²) in [5, 5.41) is 4.96. The van der Waals surface area contributed by atoms with Crippen molar-refractivity contribution >= 4 is 17.5 Å². The van der Waals surface area contributed by atoms with Crippen LogP contribution in [-0.4, -0.2) is 27.9 Å². The van der Waals surface area contributed by atoms with Crippen LogP contribution in [0.1, 0.15) is 12.0 Å². The summed E-state index contributed by atoms with van der Waals surface area (Å²) >= 11 is 0. The highest BCUT2D eigenvalue weighted by Crippen LogP contribution is 2.17. The second kappa shape index (κ2) is 8.94. The third-order valence-corrected chi connectivity index (χ3v) is 4.24. The first-order chi connectivity index (χ1) is 13.5. The van der Waals surface area contributed by atoms with Gasteiger partial charge in [-0.25, -0.2) is 9.37 Å². The van der Waals surface area contributed by atoms with Crippen LogP contribution >= 0.6 is 0 Å². The molecule has 2 N–H and O–H groups in total. The van der Waals surface area contributed by atoms with E-state index >= 15 is 0 Å². The second-order valence-electron chi connectivity index (χ2n) is 6.34. The number of anilines is 1. The molecule has 6 nitrogen and oxygen atoms in total. The van der Waals surface area contributed by atoms with Crippen molar-refractivity contribution in [2.45, 2.75) is 19.9 Å². The molecule has 0 aliphatic heterocycles. The van der Waals surface area contributed by atoms with E-state index in [1.807, 2.05) is 41.1 Å². The van der Waals surface area contributed by atoms with E-state index in [4.69, 9.17) is 0 Å². The van der Waals surface area contributed by atoms with Crippen LogP contribution in [0.2, 0.25) is 0 Å². The second-order valence-corrected chi connectivity index (χ2v) is 6.34. The van der Waals surface area contributed by atoms with Gasteiger partial charge in [0.25, 0.3) is 0 Å². The van der Waals surface area contributed by atoms with Crippen molar-refractivity contribution in [3.63, 3.8) is 0 Å². The van der Waals surface area contributed by atoms with Crippen molar-refractivity contribution in [1.29, 1.82) is 0 Å². The predicted molar refractivity (Wildman–Crippen MR) is 105 cm³/mol. The maximum absolute atomic E-state index is 13.5. The lowest BCUT2D eigenvalue weighted by Gasteiger charge is -2.09. The van der Waals surface area contributed by atoms with Gasteiger partial charge in [-0.3, -0.25) is 9.59 Å². The molecule has 2 amide bonds. The Kier molecular flexibility index (Phi) is 6.16. The zero-order valence-corrected chi connectivity index (χ0v) is 15.5. The molecule has 0 bridgehead atoms. The highest BCUT2D eigenvalue weighted by atomic mass is 19.1. The van der Waals surface area contributed by atoms with E-state index in [2.05, 4.69) is 15.6 Å². The van der Waals surface area contributed by atoms with Gasteiger partial charge in [-0.15, -0.1) is 0 Å². The van der Waals surface area contributed by atoms with Gasteiger partial charge in [0.2, 0.25) is 0 Å². The molecule has 7 heteroatoms. The first kappa shape index (κ1) is 19.3. The Morgan fingerprint density at radius 3 is 2.64 bits per heavy atom. The number of carbonyl (C=O) groups is 2. The highest BCUT2D eigenvalue weighted by molar-refractivity contribution is 6.39. The molecular formula is C21H21FN4O2. The standard InChI is InChI=1S/C21H21FN4O2/c1-15-8-9-17(14-18(15)22)25-21(28)20(27)24-10-5-12-26-13-11-23-19(26)16-6-3-2-4-7-16/h2-4,6-9,11,13-14H,5,10,12H2,1H3,(H,24,27)(H,25,28). The SMILES string of the molecule is Cc1ccc(NC(=O)C(=O)NCCCn2ccnc2-c2ccccc2)cc1F. The maximum Gasteiger partial charge on any atom is 0.313 e. The van der Waals surface area contributed by atoms with Gasteiger partial charge in [-0.1, -0.05) is 36.4 Å². The molecule has 3 rings (SSSR count). The fourth-order valence-electron chi connectivity index (χ4n) is 2.73. The van der Waals surface area contributed by atoms with Crippen molar-refractivity contribution in [1.82, 2.24) is 14.9 Å². The molecule has 0 unspecified atom stereocenters. The Balaban J connectivity index is 1.46. The Bertz CT molecular complexity index is 970. The van der Waals surface area contributed by atoms with Crippen molar-refractivity contribution in [2.24, 2.45) is 0 Å². The summed E-state index contributed by atoms with van der Waals surface area (Å²) in [6.45, 7) is 2.60. The number of carbonyl (C=O) groups excluding carboxylic acids is 2. The number of benzene rings is 2. The van der Waals surface area contributed by atoms with Crippen LogP contribution in [0.15, 0.2) is 60.9 Å². The number of nitrogens with one attached hydrogen (secondary N) is 2. The van der Waals surface area contributed by atoms with Gasteiger partial charge >= 0.3 is 11.8 Å². The van der Waals surface area contributed by atoms with Crippen LogP contribution in [0.5, 0.6) is 0 Å². The molecule has 28 heavy (non-hydrogen) atoms. The molecule has 3 aromatic rings. The average Bonchev–Trinajstić information content (AvgIpc) is 3.17. The van der Waals surface area contributed by atoms with E-state index in [-0.39, 0.29) is 5.69 Å². The zero-order valence-electron chi connectivity index (χ0n) is 15.5. The number of hydrogen-bond donors (Lipinski definition) is 2. The summed E-state index contributed by atoms with van der Waals surface area (Å²) in [5.41, 5.74) is 1.73. The van der Waals surface area contributed by atoms with E-state index in [0.717, 1.165) is 11.4 Å². The van der Waals surface area contributed by atoms with Crippen LogP contribution in [-0.2, 0) is 16.1 Å². The van der Waals surface area contributed by atoms with Crippen LogP contribution in [0.3, 0.4) is 0 Å². The van der Waals surface area contributed by atoms with Crippen molar-refractivity contribution < 1.29 is 14.0 Å². The highest BCUT2D eigenvalue weighted by Gasteiger charge is 2.14. The Labute approximate surface area is 162 Å². The average molecular weight is 380 g/mol. The normalized spacial score (nSPS) is 10.5. The predicted octanol–water partition coefficient (Wildman–Crippen LogP) is 3.14. The quantitative estimate of drug-likeness (QED) is 0.510. The van der Waals surface area contributed by atoms with E-state index < -0.39 is 17.6 Å². The number of aromatic nitrogens is 2. The monoisotopic (exact) mass is 380 g/mol. The number of nitrogens with zero attached hydrogens (tertiary/aromatic N) is 2. The van der Waals surface area contributed by atoms with Gasteiger partial charge in [-0.05, 0) is 31.0 Å². The Hall–Kier alpha value is -3.48. The fraction of sp³-hybridized carbons (Fsp3) is 0.190. The molecular weight excluding hydrogens is 359 g/mol. The van der Waals surface area contributed by atoms with E-state index in [1.54, 1.807) is 19.2 Å². The number of hydrogen-bond acceptors (Lipinski definition) is 3. The molecule has 0 aliphatic carbocycles. The third kappa shape index (κ3) is 4.82. The van der Waals surface area contributed by atoms with Gasteiger partial charge in [0.15, 0.2) is 0 Å². The molecule has 2 aromatic carbocycles. The van der Waals surface area contributed by atoms with Gasteiger partial charge in [0.1, 0.15) is 11.6 Å². The van der Waals surface area contributed by atoms with E-state index in [1.165, 1.54) is 12.1 Å². The molecule has 0 aliphatic rings. The van der Waals surface area contributed by atoms with E-state index in [0.29, 0.717) is 25.1 Å². The van der Waals surface area contributed by atoms with E-state index in [9.17, 15) is 14.0 Å². The minimum absolute atomic E-state index is 0.245. The lowest BCUT2D eigenvalue weighted by atomic mass is 10.2. The molecule has 1 aromatic heterocycles. The number of rotatable bonds is 6. The molecule has 0 fully saturated rings. The Morgan fingerprint density at radius 1 is 1.11 bits per heavy atom.